The largest absolute Gasteiger partial charge is 0.381 e. The number of halogens is 1. The third-order valence-electron chi connectivity index (χ3n) is 4.54. The molecule has 1 aromatic rings. The van der Waals surface area contributed by atoms with Crippen LogP contribution in [0.25, 0.3) is 0 Å². The van der Waals surface area contributed by atoms with Gasteiger partial charge in [-0.25, -0.2) is 0 Å². The molecule has 4 nitrogen and oxygen atoms in total. The molecule has 2 rings (SSSR count). The van der Waals surface area contributed by atoms with Crippen molar-refractivity contribution >= 4 is 41.3 Å². The Balaban J connectivity index is 0.00000288. The summed E-state index contributed by atoms with van der Waals surface area (Å²) >= 11 is 1.76. The number of guanidine groups is 1. The Labute approximate surface area is 168 Å². The van der Waals surface area contributed by atoms with Crippen molar-refractivity contribution in [2.75, 3.05) is 39.9 Å². The Morgan fingerprint density at radius 2 is 2.21 bits per heavy atom. The van der Waals surface area contributed by atoms with Crippen LogP contribution in [-0.2, 0) is 4.74 Å². The van der Waals surface area contributed by atoms with Crippen molar-refractivity contribution in [3.63, 3.8) is 0 Å². The fourth-order valence-electron chi connectivity index (χ4n) is 2.87. The normalized spacial score (nSPS) is 17.2. The van der Waals surface area contributed by atoms with E-state index in [-0.39, 0.29) is 24.0 Å². The van der Waals surface area contributed by atoms with Gasteiger partial charge in [0.2, 0.25) is 0 Å². The number of rotatable bonds is 7. The highest BCUT2D eigenvalue weighted by Gasteiger charge is 2.15. The molecule has 1 saturated heterocycles. The van der Waals surface area contributed by atoms with E-state index in [1.165, 1.54) is 24.8 Å². The van der Waals surface area contributed by atoms with Crippen LogP contribution in [0.2, 0.25) is 0 Å². The second-order valence-corrected chi connectivity index (χ2v) is 7.20. The number of thiophene rings is 1. The molecule has 1 atom stereocenters. The lowest BCUT2D eigenvalue weighted by molar-refractivity contribution is 0.0625. The van der Waals surface area contributed by atoms with E-state index < -0.39 is 0 Å². The van der Waals surface area contributed by atoms with Crippen molar-refractivity contribution in [2.45, 2.75) is 39.0 Å². The van der Waals surface area contributed by atoms with Crippen molar-refractivity contribution in [1.82, 2.24) is 10.2 Å². The molecule has 1 aliphatic heterocycles. The van der Waals surface area contributed by atoms with Gasteiger partial charge in [-0.3, -0.25) is 4.99 Å². The Morgan fingerprint density at radius 1 is 1.46 bits per heavy atom. The summed E-state index contributed by atoms with van der Waals surface area (Å²) in [6.45, 7) is 9.04. The first-order chi connectivity index (χ1) is 11.2. The van der Waals surface area contributed by atoms with Crippen molar-refractivity contribution in [1.29, 1.82) is 0 Å². The van der Waals surface area contributed by atoms with E-state index in [1.807, 2.05) is 0 Å². The van der Waals surface area contributed by atoms with E-state index in [0.29, 0.717) is 5.92 Å². The average Bonchev–Trinajstić information content (AvgIpc) is 3.12. The number of ether oxygens (including phenoxy) is 1. The molecule has 24 heavy (non-hydrogen) atoms. The fraction of sp³-hybridized carbons (Fsp3) is 0.722. The van der Waals surface area contributed by atoms with Crippen LogP contribution in [0, 0.1) is 5.92 Å². The number of nitrogens with one attached hydrogen (secondary N) is 1. The molecule has 0 amide bonds. The Morgan fingerprint density at radius 3 is 2.83 bits per heavy atom. The van der Waals surface area contributed by atoms with Crippen molar-refractivity contribution in [3.8, 4) is 0 Å². The van der Waals surface area contributed by atoms with E-state index >= 15 is 0 Å². The van der Waals surface area contributed by atoms with Crippen molar-refractivity contribution in [3.05, 3.63) is 22.4 Å². The summed E-state index contributed by atoms with van der Waals surface area (Å²) in [5.74, 6) is 2.30. The molecule has 2 heterocycles. The molecule has 0 saturated carbocycles. The highest BCUT2D eigenvalue weighted by Crippen LogP contribution is 2.19. The predicted molar refractivity (Wildman–Crippen MR) is 115 cm³/mol. The van der Waals surface area contributed by atoms with Crippen molar-refractivity contribution < 1.29 is 4.74 Å². The number of aliphatic imine (C=N–C) groups is 1. The van der Waals surface area contributed by atoms with Gasteiger partial charge < -0.3 is 15.0 Å². The first-order valence-electron chi connectivity index (χ1n) is 8.80. The Bertz CT molecular complexity index is 461. The molecular weight excluding hydrogens is 433 g/mol. The van der Waals surface area contributed by atoms with Gasteiger partial charge >= 0.3 is 0 Å². The van der Waals surface area contributed by atoms with Gasteiger partial charge in [0, 0.05) is 45.8 Å². The second-order valence-electron chi connectivity index (χ2n) is 6.42. The van der Waals surface area contributed by atoms with Crippen LogP contribution in [0.4, 0.5) is 0 Å². The van der Waals surface area contributed by atoms with Crippen molar-refractivity contribution in [2.24, 2.45) is 10.9 Å². The lowest BCUT2D eigenvalue weighted by Gasteiger charge is -2.27. The molecule has 0 radical (unpaired) electrons. The standard InChI is InChI=1S/C18H31N3OS.HI/c1-4-19-18(20-13-15(2)17-8-12-23-14-17)21(3)9-5-16-6-10-22-11-7-16;/h8,12,14-16H,4-7,9-11,13H2,1-3H3,(H,19,20);1H. The van der Waals surface area contributed by atoms with Gasteiger partial charge in [-0.1, -0.05) is 6.92 Å². The fourth-order valence-corrected chi connectivity index (χ4v) is 3.65. The molecule has 138 valence electrons. The minimum atomic E-state index is 0. The van der Waals surface area contributed by atoms with Crippen LogP contribution in [-0.4, -0.2) is 50.8 Å². The van der Waals surface area contributed by atoms with E-state index in [1.54, 1.807) is 11.3 Å². The monoisotopic (exact) mass is 465 g/mol. The summed E-state index contributed by atoms with van der Waals surface area (Å²) in [6, 6.07) is 2.20. The van der Waals surface area contributed by atoms with E-state index in [9.17, 15) is 0 Å². The summed E-state index contributed by atoms with van der Waals surface area (Å²) in [5.41, 5.74) is 1.39. The summed E-state index contributed by atoms with van der Waals surface area (Å²) in [4.78, 5) is 7.12. The Hall–Kier alpha value is -0.340. The highest BCUT2D eigenvalue weighted by molar-refractivity contribution is 14.0. The second kappa shape index (κ2) is 12.1. The van der Waals surface area contributed by atoms with Crippen LogP contribution < -0.4 is 5.32 Å². The van der Waals surface area contributed by atoms with Gasteiger partial charge in [0.1, 0.15) is 0 Å². The van der Waals surface area contributed by atoms with Crippen LogP contribution >= 0.6 is 35.3 Å². The van der Waals surface area contributed by atoms with Gasteiger partial charge in [-0.15, -0.1) is 24.0 Å². The maximum atomic E-state index is 5.44. The van der Waals surface area contributed by atoms with Gasteiger partial charge in [0.25, 0.3) is 0 Å². The Kier molecular flexibility index (Phi) is 10.9. The van der Waals surface area contributed by atoms with Crippen LogP contribution in [0.15, 0.2) is 21.8 Å². The lowest BCUT2D eigenvalue weighted by Crippen LogP contribution is -2.40. The van der Waals surface area contributed by atoms with Gasteiger partial charge in [-0.2, -0.15) is 11.3 Å². The third-order valence-corrected chi connectivity index (χ3v) is 5.24. The molecule has 1 aliphatic rings. The molecule has 1 fully saturated rings. The van der Waals surface area contributed by atoms with E-state index in [0.717, 1.165) is 44.7 Å². The number of hydrogen-bond donors (Lipinski definition) is 1. The molecule has 1 unspecified atom stereocenters. The zero-order valence-corrected chi connectivity index (χ0v) is 18.3. The van der Waals surface area contributed by atoms with Gasteiger partial charge in [0.05, 0.1) is 0 Å². The topological polar surface area (TPSA) is 36.9 Å². The quantitative estimate of drug-likeness (QED) is 0.373. The van der Waals surface area contributed by atoms with Gasteiger partial charge in [0.15, 0.2) is 5.96 Å². The number of hydrogen-bond acceptors (Lipinski definition) is 3. The molecule has 1 N–H and O–H groups in total. The molecule has 0 spiro atoms. The number of nitrogens with zero attached hydrogens (tertiary/aromatic N) is 2. The zero-order chi connectivity index (χ0) is 16.5. The summed E-state index contributed by atoms with van der Waals surface area (Å²) < 4.78 is 5.44. The third kappa shape index (κ3) is 7.27. The molecular formula is C18H32IN3OS. The minimum absolute atomic E-state index is 0. The molecule has 1 aromatic heterocycles. The first-order valence-corrected chi connectivity index (χ1v) is 9.74. The summed E-state index contributed by atoms with van der Waals surface area (Å²) in [6.07, 6.45) is 3.64. The summed E-state index contributed by atoms with van der Waals surface area (Å²) in [7, 11) is 2.15. The highest BCUT2D eigenvalue weighted by atomic mass is 127. The average molecular weight is 465 g/mol. The smallest absolute Gasteiger partial charge is 0.193 e. The van der Waals surface area contributed by atoms with Crippen LogP contribution in [0.3, 0.4) is 0 Å². The molecule has 0 aromatic carbocycles. The molecule has 0 aliphatic carbocycles. The maximum Gasteiger partial charge on any atom is 0.193 e. The predicted octanol–water partition coefficient (Wildman–Crippen LogP) is 4.18. The van der Waals surface area contributed by atoms with E-state index in [2.05, 4.69) is 47.9 Å². The van der Waals surface area contributed by atoms with Gasteiger partial charge in [-0.05, 0) is 54.5 Å². The summed E-state index contributed by atoms with van der Waals surface area (Å²) in [5, 5.41) is 7.79. The van der Waals surface area contributed by atoms with Crippen LogP contribution in [0.1, 0.15) is 44.6 Å². The lowest BCUT2D eigenvalue weighted by atomic mass is 9.96. The first kappa shape index (κ1) is 21.7. The molecule has 6 heteroatoms. The van der Waals surface area contributed by atoms with E-state index in [4.69, 9.17) is 9.73 Å². The van der Waals surface area contributed by atoms with Crippen LogP contribution in [0.5, 0.6) is 0 Å². The SMILES string of the molecule is CCNC(=NCC(C)c1ccsc1)N(C)CCC1CCOCC1.I. The maximum absolute atomic E-state index is 5.44. The minimum Gasteiger partial charge on any atom is -0.381 e. The molecule has 0 bridgehead atoms. The zero-order valence-electron chi connectivity index (χ0n) is 15.2.